The van der Waals surface area contributed by atoms with Crippen molar-refractivity contribution >= 4 is 33.6 Å². The van der Waals surface area contributed by atoms with E-state index in [9.17, 15) is 4.79 Å². The molecular weight excluding hydrogens is 348 g/mol. The summed E-state index contributed by atoms with van der Waals surface area (Å²) in [5.41, 5.74) is 5.87. The predicted molar refractivity (Wildman–Crippen MR) is 86.9 cm³/mol. The van der Waals surface area contributed by atoms with Crippen molar-refractivity contribution < 1.29 is 4.79 Å². The van der Waals surface area contributed by atoms with Crippen LogP contribution in [0.5, 0.6) is 0 Å². The molecule has 2 N–H and O–H groups in total. The van der Waals surface area contributed by atoms with Gasteiger partial charge in [0.15, 0.2) is 0 Å². The van der Waals surface area contributed by atoms with Crippen LogP contribution in [0.25, 0.3) is 0 Å². The number of rotatable bonds is 3. The molecule has 1 saturated heterocycles. The minimum atomic E-state index is -0.457. The molecule has 1 fully saturated rings. The number of aromatic nitrogens is 3. The van der Waals surface area contributed by atoms with E-state index in [-0.39, 0.29) is 0 Å². The molecule has 0 aromatic carbocycles. The zero-order chi connectivity index (χ0) is 15.5. The number of hydrogen-bond acceptors (Lipinski definition) is 6. The summed E-state index contributed by atoms with van der Waals surface area (Å²) in [5.74, 6) is 0.896. The van der Waals surface area contributed by atoms with Gasteiger partial charge in [-0.15, -0.1) is 0 Å². The number of nitrogens with zero attached hydrogens (tertiary/aromatic N) is 5. The molecule has 1 aliphatic rings. The van der Waals surface area contributed by atoms with Crippen molar-refractivity contribution in [1.82, 2.24) is 15.0 Å². The zero-order valence-corrected chi connectivity index (χ0v) is 13.4. The summed E-state index contributed by atoms with van der Waals surface area (Å²) in [6, 6.07) is 3.42. The molecule has 0 atom stereocenters. The van der Waals surface area contributed by atoms with Gasteiger partial charge in [-0.1, -0.05) is 0 Å². The molecule has 1 aliphatic heterocycles. The van der Waals surface area contributed by atoms with Crippen LogP contribution >= 0.6 is 15.9 Å². The molecule has 0 aliphatic carbocycles. The van der Waals surface area contributed by atoms with Gasteiger partial charge >= 0.3 is 0 Å². The lowest BCUT2D eigenvalue weighted by Gasteiger charge is -2.35. The maximum absolute atomic E-state index is 11.5. The van der Waals surface area contributed by atoms with Crippen molar-refractivity contribution in [3.8, 4) is 0 Å². The Balaban J connectivity index is 1.72. The first-order valence-electron chi connectivity index (χ1n) is 6.87. The molecule has 114 valence electrons. The fourth-order valence-corrected chi connectivity index (χ4v) is 2.63. The van der Waals surface area contributed by atoms with Gasteiger partial charge in [0.05, 0.1) is 10.0 Å². The van der Waals surface area contributed by atoms with Gasteiger partial charge in [-0.25, -0.2) is 15.0 Å². The van der Waals surface area contributed by atoms with Crippen molar-refractivity contribution in [2.75, 3.05) is 36.0 Å². The highest BCUT2D eigenvalue weighted by Gasteiger charge is 2.22. The second-order valence-corrected chi connectivity index (χ2v) is 5.83. The third-order valence-electron chi connectivity index (χ3n) is 3.52. The highest BCUT2D eigenvalue weighted by molar-refractivity contribution is 9.10. The van der Waals surface area contributed by atoms with Crippen LogP contribution in [0.4, 0.5) is 11.8 Å². The Bertz CT molecular complexity index is 669. The molecular formula is C14H15BrN6O. The maximum Gasteiger partial charge on any atom is 0.252 e. The standard InChI is InChI=1S/C14H15BrN6O/c15-10-8-18-14(19-9-10)21-6-4-20(5-7-21)13-11(12(16)22)2-1-3-17-13/h1-3,8-9H,4-7H2,(H2,16,22). The number of hydrogen-bond donors (Lipinski definition) is 1. The molecule has 0 saturated carbocycles. The molecule has 2 aromatic heterocycles. The summed E-state index contributed by atoms with van der Waals surface area (Å²) in [6.07, 6.45) is 5.14. The third-order valence-corrected chi connectivity index (χ3v) is 3.93. The third kappa shape index (κ3) is 3.01. The molecule has 0 spiro atoms. The van der Waals surface area contributed by atoms with Crippen LogP contribution in [0.1, 0.15) is 10.4 Å². The number of pyridine rings is 1. The topological polar surface area (TPSA) is 88.2 Å². The molecule has 1 amide bonds. The number of amides is 1. The van der Waals surface area contributed by atoms with Crippen LogP contribution in [0, 0.1) is 0 Å². The SMILES string of the molecule is NC(=O)c1cccnc1N1CCN(c2ncc(Br)cn2)CC1. The summed E-state index contributed by atoms with van der Waals surface area (Å²) in [6.45, 7) is 2.99. The highest BCUT2D eigenvalue weighted by atomic mass is 79.9. The Morgan fingerprint density at radius 3 is 2.36 bits per heavy atom. The number of carbonyl (C=O) groups is 1. The van der Waals surface area contributed by atoms with Gasteiger partial charge in [0.1, 0.15) is 5.82 Å². The van der Waals surface area contributed by atoms with E-state index >= 15 is 0 Å². The van der Waals surface area contributed by atoms with Gasteiger partial charge in [-0.05, 0) is 28.1 Å². The molecule has 0 bridgehead atoms. The fourth-order valence-electron chi connectivity index (χ4n) is 2.43. The number of primary amides is 1. The minimum Gasteiger partial charge on any atom is -0.365 e. The molecule has 22 heavy (non-hydrogen) atoms. The highest BCUT2D eigenvalue weighted by Crippen LogP contribution is 2.20. The van der Waals surface area contributed by atoms with Gasteiger partial charge in [0.25, 0.3) is 5.91 Å². The van der Waals surface area contributed by atoms with E-state index in [0.29, 0.717) is 17.3 Å². The van der Waals surface area contributed by atoms with Crippen LogP contribution < -0.4 is 15.5 Å². The summed E-state index contributed by atoms with van der Waals surface area (Å²) in [5, 5.41) is 0. The largest absolute Gasteiger partial charge is 0.365 e. The molecule has 0 radical (unpaired) electrons. The summed E-state index contributed by atoms with van der Waals surface area (Å²) < 4.78 is 0.856. The lowest BCUT2D eigenvalue weighted by molar-refractivity contribution is 0.100. The number of piperazine rings is 1. The zero-order valence-electron chi connectivity index (χ0n) is 11.8. The van der Waals surface area contributed by atoms with Crippen molar-refractivity contribution in [3.05, 3.63) is 40.8 Å². The first kappa shape index (κ1) is 14.7. The fraction of sp³-hybridized carbons (Fsp3) is 0.286. The average Bonchev–Trinajstić information content (AvgIpc) is 2.56. The van der Waals surface area contributed by atoms with Crippen LogP contribution in [-0.2, 0) is 0 Å². The van der Waals surface area contributed by atoms with Gasteiger partial charge in [0, 0.05) is 44.8 Å². The van der Waals surface area contributed by atoms with E-state index in [2.05, 4.69) is 40.7 Å². The Kier molecular flexibility index (Phi) is 4.19. The average molecular weight is 363 g/mol. The van der Waals surface area contributed by atoms with Crippen molar-refractivity contribution in [2.24, 2.45) is 5.73 Å². The lowest BCUT2D eigenvalue weighted by atomic mass is 10.2. The van der Waals surface area contributed by atoms with Gasteiger partial charge in [0.2, 0.25) is 5.95 Å². The molecule has 3 rings (SSSR count). The number of nitrogens with two attached hydrogens (primary N) is 1. The minimum absolute atomic E-state index is 0.454. The molecule has 2 aromatic rings. The summed E-state index contributed by atoms with van der Waals surface area (Å²) in [7, 11) is 0. The van der Waals surface area contributed by atoms with Crippen LogP contribution in [0.2, 0.25) is 0 Å². The van der Waals surface area contributed by atoms with E-state index in [1.54, 1.807) is 30.7 Å². The molecule has 0 unspecified atom stereocenters. The Morgan fingerprint density at radius 2 is 1.73 bits per heavy atom. The first-order valence-corrected chi connectivity index (χ1v) is 7.67. The van der Waals surface area contributed by atoms with Crippen molar-refractivity contribution in [2.45, 2.75) is 0 Å². The second kappa shape index (κ2) is 6.27. The van der Waals surface area contributed by atoms with E-state index in [0.717, 1.165) is 30.7 Å². The molecule has 8 heteroatoms. The van der Waals surface area contributed by atoms with Gasteiger partial charge < -0.3 is 15.5 Å². The summed E-state index contributed by atoms with van der Waals surface area (Å²) in [4.78, 5) is 28.6. The quantitative estimate of drug-likeness (QED) is 0.878. The van der Waals surface area contributed by atoms with E-state index < -0.39 is 5.91 Å². The lowest BCUT2D eigenvalue weighted by Crippen LogP contribution is -2.48. The predicted octanol–water partition coefficient (Wildman–Crippen LogP) is 1.06. The Labute approximate surface area is 136 Å². The van der Waals surface area contributed by atoms with Gasteiger partial charge in [-0.3, -0.25) is 4.79 Å². The normalized spacial score (nSPS) is 15.0. The summed E-state index contributed by atoms with van der Waals surface area (Å²) >= 11 is 3.33. The van der Waals surface area contributed by atoms with Crippen molar-refractivity contribution in [3.63, 3.8) is 0 Å². The number of carbonyl (C=O) groups excluding carboxylic acids is 1. The first-order chi connectivity index (χ1) is 10.6. The van der Waals surface area contributed by atoms with E-state index in [1.807, 2.05) is 0 Å². The van der Waals surface area contributed by atoms with Gasteiger partial charge in [-0.2, -0.15) is 0 Å². The number of halogens is 1. The maximum atomic E-state index is 11.5. The Hall–Kier alpha value is -2.22. The van der Waals surface area contributed by atoms with Crippen LogP contribution in [0.3, 0.4) is 0 Å². The van der Waals surface area contributed by atoms with Crippen LogP contribution in [-0.4, -0.2) is 47.0 Å². The van der Waals surface area contributed by atoms with E-state index in [1.165, 1.54) is 0 Å². The van der Waals surface area contributed by atoms with Crippen molar-refractivity contribution in [1.29, 1.82) is 0 Å². The smallest absolute Gasteiger partial charge is 0.252 e. The number of anilines is 2. The van der Waals surface area contributed by atoms with E-state index in [4.69, 9.17) is 5.73 Å². The molecule has 7 nitrogen and oxygen atoms in total. The Morgan fingerprint density at radius 1 is 1.09 bits per heavy atom. The monoisotopic (exact) mass is 362 g/mol. The molecule has 3 heterocycles. The second-order valence-electron chi connectivity index (χ2n) is 4.91. The van der Waals surface area contributed by atoms with Crippen LogP contribution in [0.15, 0.2) is 35.2 Å².